The molecule has 0 fully saturated rings. The highest BCUT2D eigenvalue weighted by Crippen LogP contribution is 2.24. The molecule has 0 aromatic carbocycles. The van der Waals surface area contributed by atoms with Crippen LogP contribution in [0.15, 0.2) is 11.4 Å². The summed E-state index contributed by atoms with van der Waals surface area (Å²) in [4.78, 5) is 12.2. The van der Waals surface area contributed by atoms with Gasteiger partial charge in [0.2, 0.25) is 0 Å². The summed E-state index contributed by atoms with van der Waals surface area (Å²) in [5.41, 5.74) is 0. The van der Waals surface area contributed by atoms with Crippen molar-refractivity contribution in [1.29, 1.82) is 5.26 Å². The maximum absolute atomic E-state index is 8.83. The SMILES string of the molecule is CNc1nc(CN(C)CC(C)C#N)nc2sccc12. The molecule has 5 nitrogen and oxygen atoms in total. The lowest BCUT2D eigenvalue weighted by Crippen LogP contribution is -2.24. The highest BCUT2D eigenvalue weighted by atomic mass is 32.1. The molecule has 2 aromatic rings. The zero-order chi connectivity index (χ0) is 13.8. The van der Waals surface area contributed by atoms with E-state index >= 15 is 0 Å². The molecular weight excluding hydrogens is 258 g/mol. The van der Waals surface area contributed by atoms with Gasteiger partial charge in [-0.15, -0.1) is 11.3 Å². The van der Waals surface area contributed by atoms with Gasteiger partial charge in [0.25, 0.3) is 0 Å². The standard InChI is InChI=1S/C13H17N5S/c1-9(6-14)7-18(3)8-11-16-12(15-2)10-4-5-19-13(10)17-11/h4-5,9H,7-8H2,1-3H3,(H,15,16,17). The molecule has 19 heavy (non-hydrogen) atoms. The van der Waals surface area contributed by atoms with Crippen LogP contribution in [0.1, 0.15) is 12.7 Å². The Morgan fingerprint density at radius 3 is 3.00 bits per heavy atom. The zero-order valence-electron chi connectivity index (χ0n) is 11.3. The molecule has 2 aromatic heterocycles. The van der Waals surface area contributed by atoms with E-state index in [0.29, 0.717) is 6.54 Å². The molecule has 0 aliphatic heterocycles. The number of anilines is 1. The first-order chi connectivity index (χ1) is 9.13. The van der Waals surface area contributed by atoms with Gasteiger partial charge in [-0.25, -0.2) is 9.97 Å². The second-order valence-electron chi connectivity index (χ2n) is 4.60. The zero-order valence-corrected chi connectivity index (χ0v) is 12.2. The predicted molar refractivity (Wildman–Crippen MR) is 78.1 cm³/mol. The molecule has 0 aliphatic carbocycles. The first-order valence-electron chi connectivity index (χ1n) is 6.14. The lowest BCUT2D eigenvalue weighted by atomic mass is 10.2. The van der Waals surface area contributed by atoms with Crippen molar-refractivity contribution >= 4 is 27.4 Å². The molecule has 0 spiro atoms. The summed E-state index contributed by atoms with van der Waals surface area (Å²) in [6.07, 6.45) is 0. The van der Waals surface area contributed by atoms with Gasteiger partial charge >= 0.3 is 0 Å². The van der Waals surface area contributed by atoms with Crippen molar-refractivity contribution in [3.63, 3.8) is 0 Å². The summed E-state index contributed by atoms with van der Waals surface area (Å²) in [6.45, 7) is 3.28. The molecule has 0 bridgehead atoms. The van der Waals surface area contributed by atoms with Crippen LogP contribution in [0.25, 0.3) is 10.2 Å². The van der Waals surface area contributed by atoms with Crippen molar-refractivity contribution in [3.8, 4) is 6.07 Å². The summed E-state index contributed by atoms with van der Waals surface area (Å²) < 4.78 is 0. The molecule has 0 saturated carbocycles. The van der Waals surface area contributed by atoms with Crippen molar-refractivity contribution in [2.45, 2.75) is 13.5 Å². The number of nitriles is 1. The molecule has 1 N–H and O–H groups in total. The largest absolute Gasteiger partial charge is 0.372 e. The van der Waals surface area contributed by atoms with Crippen LogP contribution < -0.4 is 5.32 Å². The van der Waals surface area contributed by atoms with Crippen LogP contribution in [0.3, 0.4) is 0 Å². The van der Waals surface area contributed by atoms with Crippen LogP contribution in [-0.2, 0) is 6.54 Å². The van der Waals surface area contributed by atoms with Gasteiger partial charge in [0.1, 0.15) is 16.5 Å². The summed E-state index contributed by atoms with van der Waals surface area (Å²) in [6, 6.07) is 4.26. The van der Waals surface area contributed by atoms with Crippen LogP contribution >= 0.6 is 11.3 Å². The lowest BCUT2D eigenvalue weighted by Gasteiger charge is -2.17. The van der Waals surface area contributed by atoms with E-state index in [1.807, 2.05) is 32.5 Å². The normalized spacial score (nSPS) is 12.6. The first kappa shape index (κ1) is 13.7. The smallest absolute Gasteiger partial charge is 0.146 e. The second kappa shape index (κ2) is 5.95. The van der Waals surface area contributed by atoms with Crippen molar-refractivity contribution in [2.75, 3.05) is 26.0 Å². The van der Waals surface area contributed by atoms with E-state index in [4.69, 9.17) is 5.26 Å². The maximum Gasteiger partial charge on any atom is 0.146 e. The van der Waals surface area contributed by atoms with Gasteiger partial charge in [-0.2, -0.15) is 5.26 Å². The summed E-state index contributed by atoms with van der Waals surface area (Å²) in [5, 5.41) is 15.0. The van der Waals surface area contributed by atoms with Crippen molar-refractivity contribution < 1.29 is 0 Å². The van der Waals surface area contributed by atoms with Crippen LogP contribution in [0.4, 0.5) is 5.82 Å². The third kappa shape index (κ3) is 3.19. The van der Waals surface area contributed by atoms with Gasteiger partial charge in [-0.05, 0) is 25.4 Å². The number of nitrogens with zero attached hydrogens (tertiary/aromatic N) is 4. The van der Waals surface area contributed by atoms with Crippen LogP contribution in [0, 0.1) is 17.2 Å². The Morgan fingerprint density at radius 1 is 1.53 bits per heavy atom. The average molecular weight is 275 g/mol. The fraction of sp³-hybridized carbons (Fsp3) is 0.462. The molecule has 0 aliphatic rings. The van der Waals surface area contributed by atoms with Crippen molar-refractivity contribution in [3.05, 3.63) is 17.3 Å². The first-order valence-corrected chi connectivity index (χ1v) is 7.02. The van der Waals surface area contributed by atoms with E-state index < -0.39 is 0 Å². The highest BCUT2D eigenvalue weighted by molar-refractivity contribution is 7.16. The van der Waals surface area contributed by atoms with Gasteiger partial charge in [-0.1, -0.05) is 0 Å². The lowest BCUT2D eigenvalue weighted by molar-refractivity contribution is 0.296. The molecule has 0 saturated heterocycles. The van der Waals surface area contributed by atoms with Gasteiger partial charge < -0.3 is 5.32 Å². The van der Waals surface area contributed by atoms with Crippen molar-refractivity contribution in [1.82, 2.24) is 14.9 Å². The summed E-state index contributed by atoms with van der Waals surface area (Å²) >= 11 is 1.61. The Kier molecular flexibility index (Phi) is 4.30. The number of nitrogens with one attached hydrogen (secondary N) is 1. The van der Waals surface area contributed by atoms with E-state index in [1.54, 1.807) is 11.3 Å². The van der Waals surface area contributed by atoms with Crippen LogP contribution in [0.5, 0.6) is 0 Å². The quantitative estimate of drug-likeness (QED) is 0.907. The molecule has 1 atom stereocenters. The van der Waals surface area contributed by atoms with E-state index in [9.17, 15) is 0 Å². The number of hydrogen-bond donors (Lipinski definition) is 1. The third-order valence-electron chi connectivity index (χ3n) is 2.83. The average Bonchev–Trinajstić information content (AvgIpc) is 2.85. The molecular formula is C13H17N5S. The van der Waals surface area contributed by atoms with E-state index in [0.717, 1.165) is 28.4 Å². The van der Waals surface area contributed by atoms with Crippen molar-refractivity contribution in [2.24, 2.45) is 5.92 Å². The van der Waals surface area contributed by atoms with E-state index in [-0.39, 0.29) is 5.92 Å². The number of thiophene rings is 1. The maximum atomic E-state index is 8.83. The summed E-state index contributed by atoms with van der Waals surface area (Å²) in [5.74, 6) is 1.66. The molecule has 0 amide bonds. The Labute approximate surface area is 116 Å². The van der Waals surface area contributed by atoms with Gasteiger partial charge in [0.05, 0.1) is 23.9 Å². The van der Waals surface area contributed by atoms with Crippen LogP contribution in [0.2, 0.25) is 0 Å². The highest BCUT2D eigenvalue weighted by Gasteiger charge is 2.11. The minimum Gasteiger partial charge on any atom is -0.372 e. The summed E-state index contributed by atoms with van der Waals surface area (Å²) in [7, 11) is 3.85. The van der Waals surface area contributed by atoms with E-state index in [1.165, 1.54) is 0 Å². The molecule has 0 radical (unpaired) electrons. The van der Waals surface area contributed by atoms with E-state index in [2.05, 4.69) is 26.3 Å². The molecule has 6 heteroatoms. The molecule has 2 heterocycles. The molecule has 2 rings (SSSR count). The number of hydrogen-bond acceptors (Lipinski definition) is 6. The predicted octanol–water partition coefficient (Wildman–Crippen LogP) is 2.32. The number of rotatable bonds is 5. The second-order valence-corrected chi connectivity index (χ2v) is 5.50. The topological polar surface area (TPSA) is 64.8 Å². The number of fused-ring (bicyclic) bond motifs is 1. The number of aromatic nitrogens is 2. The molecule has 100 valence electrons. The Hall–Kier alpha value is -1.71. The Morgan fingerprint density at radius 2 is 2.32 bits per heavy atom. The van der Waals surface area contributed by atoms with Gasteiger partial charge in [0.15, 0.2) is 0 Å². The van der Waals surface area contributed by atoms with Crippen LogP contribution in [-0.4, -0.2) is 35.5 Å². The van der Waals surface area contributed by atoms with Gasteiger partial charge in [0, 0.05) is 13.6 Å². The van der Waals surface area contributed by atoms with Gasteiger partial charge in [-0.3, -0.25) is 4.90 Å². The molecule has 1 unspecified atom stereocenters. The fourth-order valence-electron chi connectivity index (χ4n) is 1.98. The monoisotopic (exact) mass is 275 g/mol. The minimum absolute atomic E-state index is 0.0132. The third-order valence-corrected chi connectivity index (χ3v) is 3.63. The Balaban J connectivity index is 2.19. The minimum atomic E-state index is 0.0132. The Bertz CT molecular complexity index is 601. The fourth-order valence-corrected chi connectivity index (χ4v) is 2.76.